The lowest BCUT2D eigenvalue weighted by molar-refractivity contribution is -0.146. The molecular formula is C30H35N3O8. The van der Waals surface area contributed by atoms with Crippen LogP contribution in [0.2, 0.25) is 0 Å². The van der Waals surface area contributed by atoms with Crippen LogP contribution in [0.1, 0.15) is 66.2 Å². The molecule has 4 rings (SSSR count). The van der Waals surface area contributed by atoms with Gasteiger partial charge in [0.15, 0.2) is 0 Å². The SMILES string of the molecule is CCOC(=O)C(CCCCCCCN1C(=O)c2ccccc2C1=O)N[C@H]1COc2ccccc2N(CC(=O)O)C1=O. The van der Waals surface area contributed by atoms with Gasteiger partial charge in [-0.25, -0.2) is 0 Å². The number of fused-ring (bicyclic) bond motifs is 2. The van der Waals surface area contributed by atoms with Crippen LogP contribution in [0.5, 0.6) is 5.75 Å². The second kappa shape index (κ2) is 13.9. The van der Waals surface area contributed by atoms with Gasteiger partial charge in [-0.3, -0.25) is 39.1 Å². The van der Waals surface area contributed by atoms with E-state index in [9.17, 15) is 29.1 Å². The minimum atomic E-state index is -1.17. The molecule has 3 amide bonds. The van der Waals surface area contributed by atoms with Crippen LogP contribution in [0, 0.1) is 0 Å². The van der Waals surface area contributed by atoms with Gasteiger partial charge in [0.2, 0.25) is 5.91 Å². The van der Waals surface area contributed by atoms with Crippen LogP contribution in [0.15, 0.2) is 48.5 Å². The topological polar surface area (TPSA) is 143 Å². The molecule has 2 atom stereocenters. The predicted molar refractivity (Wildman–Crippen MR) is 149 cm³/mol. The summed E-state index contributed by atoms with van der Waals surface area (Å²) >= 11 is 0. The van der Waals surface area contributed by atoms with Crippen LogP contribution in [0.4, 0.5) is 5.69 Å². The van der Waals surface area contributed by atoms with Gasteiger partial charge in [-0.15, -0.1) is 0 Å². The summed E-state index contributed by atoms with van der Waals surface area (Å²) in [5.74, 6) is -2.27. The number of benzene rings is 2. The number of unbranched alkanes of at least 4 members (excludes halogenated alkanes) is 4. The normalized spacial score (nSPS) is 17.0. The highest BCUT2D eigenvalue weighted by atomic mass is 16.5. The minimum absolute atomic E-state index is 0.0698. The van der Waals surface area contributed by atoms with Gasteiger partial charge in [0.25, 0.3) is 11.8 Å². The summed E-state index contributed by atoms with van der Waals surface area (Å²) < 4.78 is 11.0. The number of amides is 3. The highest BCUT2D eigenvalue weighted by Gasteiger charge is 2.36. The number of hydrogen-bond acceptors (Lipinski definition) is 8. The Kier molecular flexibility index (Phi) is 10.1. The third kappa shape index (κ3) is 7.10. The molecule has 2 N–H and O–H groups in total. The Balaban J connectivity index is 1.27. The Morgan fingerprint density at radius 2 is 1.59 bits per heavy atom. The van der Waals surface area contributed by atoms with Crippen LogP contribution in [-0.4, -0.2) is 78.1 Å². The first-order chi connectivity index (χ1) is 19.8. The van der Waals surface area contributed by atoms with Gasteiger partial charge in [-0.1, -0.05) is 49.9 Å². The van der Waals surface area contributed by atoms with Crippen molar-refractivity contribution in [3.63, 3.8) is 0 Å². The predicted octanol–water partition coefficient (Wildman–Crippen LogP) is 3.02. The van der Waals surface area contributed by atoms with Gasteiger partial charge in [0, 0.05) is 6.54 Å². The van der Waals surface area contributed by atoms with E-state index in [0.29, 0.717) is 48.4 Å². The van der Waals surface area contributed by atoms with E-state index in [4.69, 9.17) is 9.47 Å². The van der Waals surface area contributed by atoms with Gasteiger partial charge in [0.1, 0.15) is 31.0 Å². The fourth-order valence-electron chi connectivity index (χ4n) is 5.12. The number of nitrogens with zero attached hydrogens (tertiary/aromatic N) is 2. The Morgan fingerprint density at radius 1 is 0.951 bits per heavy atom. The van der Waals surface area contributed by atoms with Crippen LogP contribution in [0.25, 0.3) is 0 Å². The first kappa shape index (κ1) is 29.7. The summed E-state index contributed by atoms with van der Waals surface area (Å²) in [4.78, 5) is 65.0. The van der Waals surface area contributed by atoms with E-state index >= 15 is 0 Å². The lowest BCUT2D eigenvalue weighted by Crippen LogP contribution is -2.54. The second-order valence-electron chi connectivity index (χ2n) is 9.98. The standard InChI is InChI=1S/C30H35N3O8/c1-2-40-30(39)22(31-23-19-41-25-16-10-9-15-24(25)33(29(23)38)18-26(34)35)14-6-4-3-5-11-17-32-27(36)20-12-7-8-13-21(20)28(32)37/h7-10,12-13,15-16,22-23,31H,2-6,11,14,17-19H2,1H3,(H,34,35)/t22?,23-/m0/s1. The molecule has 0 bridgehead atoms. The molecule has 41 heavy (non-hydrogen) atoms. The second-order valence-corrected chi connectivity index (χ2v) is 9.98. The highest BCUT2D eigenvalue weighted by molar-refractivity contribution is 6.21. The Bertz CT molecular complexity index is 1260. The molecule has 11 heteroatoms. The minimum Gasteiger partial charge on any atom is -0.489 e. The highest BCUT2D eigenvalue weighted by Crippen LogP contribution is 2.31. The lowest BCUT2D eigenvalue weighted by Gasteiger charge is -2.26. The number of esters is 1. The number of rotatable bonds is 14. The maximum absolute atomic E-state index is 13.4. The molecule has 11 nitrogen and oxygen atoms in total. The van der Waals surface area contributed by atoms with E-state index in [1.807, 2.05) is 0 Å². The molecule has 2 aromatic rings. The molecule has 0 spiro atoms. The average molecular weight is 566 g/mol. The number of carbonyl (C=O) groups excluding carboxylic acids is 4. The Hall–Kier alpha value is -4.25. The molecule has 0 aromatic heterocycles. The molecule has 0 saturated heterocycles. The summed E-state index contributed by atoms with van der Waals surface area (Å²) in [6.45, 7) is 1.63. The number of carboxylic acids is 1. The zero-order chi connectivity index (χ0) is 29.4. The van der Waals surface area contributed by atoms with Crippen LogP contribution >= 0.6 is 0 Å². The number of carbonyl (C=O) groups is 5. The fraction of sp³-hybridized carbons (Fsp3) is 0.433. The number of para-hydroxylation sites is 2. The number of ether oxygens (including phenoxy) is 2. The number of aliphatic carboxylic acids is 1. The van der Waals surface area contributed by atoms with Crippen LogP contribution in [-0.2, 0) is 19.1 Å². The van der Waals surface area contributed by atoms with E-state index in [0.717, 1.165) is 24.2 Å². The summed E-state index contributed by atoms with van der Waals surface area (Å²) in [5.41, 5.74) is 1.25. The number of nitrogens with one attached hydrogen (secondary N) is 1. The van der Waals surface area contributed by atoms with Crippen molar-refractivity contribution in [3.05, 3.63) is 59.7 Å². The third-order valence-corrected chi connectivity index (χ3v) is 7.15. The van der Waals surface area contributed by atoms with E-state index < -0.39 is 36.5 Å². The quantitative estimate of drug-likeness (QED) is 0.201. The largest absolute Gasteiger partial charge is 0.489 e. The van der Waals surface area contributed by atoms with E-state index in [-0.39, 0.29) is 25.0 Å². The van der Waals surface area contributed by atoms with Crippen molar-refractivity contribution < 1.29 is 38.6 Å². The van der Waals surface area contributed by atoms with Crippen molar-refractivity contribution in [1.29, 1.82) is 0 Å². The molecule has 0 saturated carbocycles. The summed E-state index contributed by atoms with van der Waals surface area (Å²) in [7, 11) is 0. The fourth-order valence-corrected chi connectivity index (χ4v) is 5.12. The van der Waals surface area contributed by atoms with Crippen molar-refractivity contribution in [2.45, 2.75) is 57.5 Å². The van der Waals surface area contributed by atoms with Gasteiger partial charge in [0.05, 0.1) is 23.4 Å². The van der Waals surface area contributed by atoms with Crippen molar-refractivity contribution in [2.75, 3.05) is 31.2 Å². The van der Waals surface area contributed by atoms with Gasteiger partial charge in [-0.2, -0.15) is 0 Å². The first-order valence-electron chi connectivity index (χ1n) is 13.9. The summed E-state index contributed by atoms with van der Waals surface area (Å²) in [6, 6.07) is 11.8. The molecule has 1 unspecified atom stereocenters. The Labute approximate surface area is 238 Å². The molecule has 2 aliphatic heterocycles. The molecule has 0 radical (unpaired) electrons. The van der Waals surface area contributed by atoms with Crippen LogP contribution < -0.4 is 15.0 Å². The number of anilines is 1. The van der Waals surface area contributed by atoms with E-state index in [1.165, 1.54) is 4.90 Å². The zero-order valence-corrected chi connectivity index (χ0v) is 23.0. The zero-order valence-electron chi connectivity index (χ0n) is 23.0. The van der Waals surface area contributed by atoms with Crippen LogP contribution in [0.3, 0.4) is 0 Å². The first-order valence-corrected chi connectivity index (χ1v) is 13.9. The number of hydrogen-bond donors (Lipinski definition) is 2. The number of carboxylic acid groups (broad SMARTS) is 1. The monoisotopic (exact) mass is 565 g/mol. The molecule has 218 valence electrons. The van der Waals surface area contributed by atoms with Gasteiger partial charge in [-0.05, 0) is 44.0 Å². The smallest absolute Gasteiger partial charge is 0.323 e. The van der Waals surface area contributed by atoms with Crippen molar-refractivity contribution in [1.82, 2.24) is 10.2 Å². The molecule has 0 aliphatic carbocycles. The van der Waals surface area contributed by atoms with Gasteiger partial charge >= 0.3 is 11.9 Å². The maximum Gasteiger partial charge on any atom is 0.323 e. The molecule has 2 aromatic carbocycles. The van der Waals surface area contributed by atoms with E-state index in [1.54, 1.807) is 55.5 Å². The lowest BCUT2D eigenvalue weighted by atomic mass is 10.0. The average Bonchev–Trinajstić information content (AvgIpc) is 3.12. The van der Waals surface area contributed by atoms with Gasteiger partial charge < -0.3 is 14.6 Å². The molecular weight excluding hydrogens is 530 g/mol. The summed E-state index contributed by atoms with van der Waals surface area (Å²) in [6.07, 6.45) is 4.20. The molecule has 2 heterocycles. The van der Waals surface area contributed by atoms with E-state index in [2.05, 4.69) is 5.32 Å². The Morgan fingerprint density at radius 3 is 2.27 bits per heavy atom. The summed E-state index contributed by atoms with van der Waals surface area (Å²) in [5, 5.41) is 12.5. The molecule has 0 fully saturated rings. The third-order valence-electron chi connectivity index (χ3n) is 7.15. The van der Waals surface area contributed by atoms with Crippen molar-refractivity contribution >= 4 is 35.3 Å². The molecule has 2 aliphatic rings. The van der Waals surface area contributed by atoms with Crippen molar-refractivity contribution in [3.8, 4) is 5.75 Å². The number of imide groups is 1. The van der Waals surface area contributed by atoms with Crippen molar-refractivity contribution in [2.24, 2.45) is 0 Å². The maximum atomic E-state index is 13.4.